The third-order valence-electron chi connectivity index (χ3n) is 4.66. The molecule has 1 rings (SSSR count). The molecule has 4 nitrogen and oxygen atoms in total. The van der Waals surface area contributed by atoms with Gasteiger partial charge in [0.05, 0.1) is 0 Å². The van der Waals surface area contributed by atoms with Crippen molar-refractivity contribution in [3.63, 3.8) is 0 Å². The molecule has 0 aromatic heterocycles. The monoisotopic (exact) mass is 458 g/mol. The van der Waals surface area contributed by atoms with Crippen molar-refractivity contribution in [2.45, 2.75) is 103 Å². The van der Waals surface area contributed by atoms with Crippen LogP contribution in [0, 0.1) is 0 Å². The molecule has 0 aliphatic rings. The number of hydrogen-bond donors (Lipinski definition) is 2. The molecule has 0 aliphatic carbocycles. The van der Waals surface area contributed by atoms with Crippen molar-refractivity contribution in [1.29, 1.82) is 0 Å². The van der Waals surface area contributed by atoms with Crippen LogP contribution in [0.1, 0.15) is 104 Å². The number of unbranched alkanes of at least 4 members (excludes halogenated alkanes) is 13. The van der Waals surface area contributed by atoms with E-state index >= 15 is 0 Å². The summed E-state index contributed by atoms with van der Waals surface area (Å²) in [4.78, 5) is 0. The first-order chi connectivity index (χ1) is 12.9. The molecule has 0 amide bonds. The molecule has 1 aromatic rings. The van der Waals surface area contributed by atoms with Crippen LogP contribution in [0.25, 0.3) is 0 Å². The first-order valence-electron chi connectivity index (χ1n) is 10.7. The molecule has 29 heavy (non-hydrogen) atoms. The molecule has 0 fully saturated rings. The van der Waals surface area contributed by atoms with Crippen LogP contribution in [-0.4, -0.2) is 17.5 Å². The van der Waals surface area contributed by atoms with Crippen molar-refractivity contribution in [2.24, 2.45) is 0 Å². The zero-order valence-corrected chi connectivity index (χ0v) is 22.4. The van der Waals surface area contributed by atoms with Crippen LogP contribution in [0.2, 0.25) is 0 Å². The summed E-state index contributed by atoms with van der Waals surface area (Å²) >= 11 is 0. The van der Waals surface area contributed by atoms with Gasteiger partial charge in [-0.2, -0.15) is 21.9 Å². The van der Waals surface area contributed by atoms with E-state index in [2.05, 4.69) is 37.3 Å². The first kappa shape index (κ1) is 34.1. The number of benzene rings is 1. The smallest absolute Gasteiger partial charge is 1.00 e. The zero-order chi connectivity index (χ0) is 20.2. The summed E-state index contributed by atoms with van der Waals surface area (Å²) < 4.78 is 31.6. The first-order valence-corrected chi connectivity index (χ1v) is 12.1. The molecule has 0 heterocycles. The Bertz CT molecular complexity index is 523. The fourth-order valence-corrected chi connectivity index (χ4v) is 3.17. The van der Waals surface area contributed by atoms with Crippen LogP contribution in [0.5, 0.6) is 0 Å². The quantitative estimate of drug-likeness (QED) is 0.234. The predicted octanol–water partition coefficient (Wildman–Crippen LogP) is 4.29. The molecule has 7 heteroatoms. The van der Waals surface area contributed by atoms with Gasteiger partial charge in [-0.3, -0.25) is 9.11 Å². The van der Waals surface area contributed by atoms with E-state index in [1.165, 1.54) is 102 Å². The van der Waals surface area contributed by atoms with Crippen LogP contribution in [-0.2, 0) is 16.8 Å². The van der Waals surface area contributed by atoms with Crippen molar-refractivity contribution in [3.8, 4) is 0 Å². The second kappa shape index (κ2) is 24.7. The third kappa shape index (κ3) is 33.3. The summed E-state index contributed by atoms with van der Waals surface area (Å²) in [5.74, 6) is 0. The van der Waals surface area contributed by atoms with Gasteiger partial charge in [0.1, 0.15) is 0 Å². The molecule has 2 N–H and O–H groups in total. The maximum absolute atomic E-state index is 8.74. The van der Waals surface area contributed by atoms with E-state index in [-0.39, 0.29) is 44.5 Å². The molecule has 0 saturated heterocycles. The molecule has 168 valence electrons. The molecule has 0 radical (unpaired) electrons. The maximum atomic E-state index is 8.74. The Morgan fingerprint density at radius 1 is 0.690 bits per heavy atom. The van der Waals surface area contributed by atoms with Gasteiger partial charge in [-0.15, -0.1) is 0 Å². The van der Waals surface area contributed by atoms with Crippen LogP contribution < -0.4 is 29.6 Å². The SMILES string of the molecule is CCCCCCCCCCCCCCCCc1ccccc1.O=S(=O)(O)O.S.[H-].[Na+]. The topological polar surface area (TPSA) is 74.6 Å². The Kier molecular flexibility index (Phi) is 29.0. The van der Waals surface area contributed by atoms with Crippen LogP contribution in [0.15, 0.2) is 30.3 Å². The van der Waals surface area contributed by atoms with Gasteiger partial charge >= 0.3 is 40.0 Å². The van der Waals surface area contributed by atoms with Gasteiger partial charge in [-0.05, 0) is 18.4 Å². The molecule has 0 bridgehead atoms. The summed E-state index contributed by atoms with van der Waals surface area (Å²) in [5.41, 5.74) is 1.50. The number of aryl methyl sites for hydroxylation is 1. The van der Waals surface area contributed by atoms with Gasteiger partial charge in [0, 0.05) is 0 Å². The molecule has 0 unspecified atom stereocenters. The van der Waals surface area contributed by atoms with E-state index in [4.69, 9.17) is 17.5 Å². The Hall–Kier alpha value is 0.440. The Labute approximate surface area is 210 Å². The minimum atomic E-state index is -4.67. The van der Waals surface area contributed by atoms with E-state index in [9.17, 15) is 0 Å². The molecular weight excluding hydrogens is 415 g/mol. The van der Waals surface area contributed by atoms with E-state index in [1.807, 2.05) is 0 Å². The van der Waals surface area contributed by atoms with Gasteiger partial charge in [0.15, 0.2) is 0 Å². The Morgan fingerprint density at radius 3 is 1.34 bits per heavy atom. The van der Waals surface area contributed by atoms with E-state index in [1.54, 1.807) is 0 Å². The Balaban J connectivity index is -0.000000378. The molecular formula is C22H43NaO4S2. The zero-order valence-electron chi connectivity index (χ0n) is 19.6. The largest absolute Gasteiger partial charge is 1.00 e. The average molecular weight is 459 g/mol. The minimum Gasteiger partial charge on any atom is -1.00 e. The van der Waals surface area contributed by atoms with Crippen molar-refractivity contribution in [1.82, 2.24) is 0 Å². The van der Waals surface area contributed by atoms with Crippen LogP contribution in [0.4, 0.5) is 0 Å². The summed E-state index contributed by atoms with van der Waals surface area (Å²) in [6.07, 6.45) is 21.5. The third-order valence-corrected chi connectivity index (χ3v) is 4.66. The summed E-state index contributed by atoms with van der Waals surface area (Å²) in [6.45, 7) is 2.29. The van der Waals surface area contributed by atoms with Crippen molar-refractivity contribution in [2.75, 3.05) is 0 Å². The van der Waals surface area contributed by atoms with Gasteiger partial charge in [0.2, 0.25) is 0 Å². The maximum Gasteiger partial charge on any atom is 1.00 e. The summed E-state index contributed by atoms with van der Waals surface area (Å²) in [7, 11) is -4.67. The second-order valence-corrected chi connectivity index (χ2v) is 8.18. The van der Waals surface area contributed by atoms with E-state index in [0.717, 1.165) is 0 Å². The van der Waals surface area contributed by atoms with Gasteiger partial charge < -0.3 is 1.43 Å². The predicted molar refractivity (Wildman–Crippen MR) is 126 cm³/mol. The van der Waals surface area contributed by atoms with E-state index < -0.39 is 10.4 Å². The van der Waals surface area contributed by atoms with Gasteiger partial charge in [-0.25, -0.2) is 0 Å². The number of rotatable bonds is 15. The fourth-order valence-electron chi connectivity index (χ4n) is 3.17. The molecule has 0 atom stereocenters. The normalized spacial score (nSPS) is 10.3. The Morgan fingerprint density at radius 2 is 1.00 bits per heavy atom. The standard InChI is InChI=1S/C22H38.Na.H2O4S.H2S.H/c1-2-3-4-5-6-7-8-9-10-11-12-13-14-16-19-22-20-17-15-18-21-22;;1-5(2,3)4;;/h15,17-18,20-21H,2-14,16,19H2,1H3;;(H2,1,2,3,4);1H2;/q;+1;;;-1. The van der Waals surface area contributed by atoms with Gasteiger partial charge in [0.25, 0.3) is 0 Å². The fraction of sp³-hybridized carbons (Fsp3) is 0.727. The van der Waals surface area contributed by atoms with Crippen molar-refractivity contribution >= 4 is 23.9 Å². The van der Waals surface area contributed by atoms with Crippen molar-refractivity contribution < 1.29 is 48.5 Å². The van der Waals surface area contributed by atoms with Crippen molar-refractivity contribution in [3.05, 3.63) is 35.9 Å². The van der Waals surface area contributed by atoms with Crippen LogP contribution in [0.3, 0.4) is 0 Å². The number of hydrogen-bond acceptors (Lipinski definition) is 2. The summed E-state index contributed by atoms with van der Waals surface area (Å²) in [6, 6.07) is 10.9. The molecule has 0 aliphatic heterocycles. The molecule has 1 aromatic carbocycles. The van der Waals surface area contributed by atoms with E-state index in [0.29, 0.717) is 0 Å². The average Bonchev–Trinajstić information content (AvgIpc) is 2.61. The second-order valence-electron chi connectivity index (χ2n) is 7.28. The van der Waals surface area contributed by atoms with Crippen LogP contribution >= 0.6 is 13.5 Å². The minimum absolute atomic E-state index is 0. The summed E-state index contributed by atoms with van der Waals surface area (Å²) in [5, 5.41) is 0. The molecule has 0 spiro atoms. The molecule has 0 saturated carbocycles. The van der Waals surface area contributed by atoms with Gasteiger partial charge in [-0.1, -0.05) is 121 Å².